The molecule has 1 heterocycles. The Kier molecular flexibility index (Phi) is 6.71. The molecule has 1 aromatic heterocycles. The Labute approximate surface area is 188 Å². The van der Waals surface area contributed by atoms with Crippen molar-refractivity contribution in [3.8, 4) is 0 Å². The lowest BCUT2D eigenvalue weighted by Crippen LogP contribution is -2.27. The van der Waals surface area contributed by atoms with Gasteiger partial charge in [0, 0.05) is 16.9 Å². The topological polar surface area (TPSA) is 75.2 Å². The van der Waals surface area contributed by atoms with E-state index in [4.69, 9.17) is 0 Å². The van der Waals surface area contributed by atoms with Crippen LogP contribution in [-0.4, -0.2) is 27.8 Å². The van der Waals surface area contributed by atoms with Gasteiger partial charge in [0.2, 0.25) is 11.0 Å². The van der Waals surface area contributed by atoms with Crippen LogP contribution in [0, 0.1) is 0 Å². The molecule has 0 fully saturated rings. The molecule has 6 nitrogen and oxygen atoms in total. The van der Waals surface area contributed by atoms with Crippen LogP contribution >= 0.6 is 23.1 Å². The Balaban J connectivity index is 1.42. The van der Waals surface area contributed by atoms with Crippen molar-refractivity contribution in [1.29, 1.82) is 0 Å². The minimum atomic E-state index is -0.247. The Hall–Kier alpha value is -3.49. The maximum atomic E-state index is 13.1. The SMILES string of the molecule is O=C(Nc1nnc(SCC(=O)N(c2ccccc2)c2ccccc2)s1)c1ccccc1. The molecule has 0 bridgehead atoms. The number of carbonyl (C=O) groups is 2. The fraction of sp³-hybridized carbons (Fsp3) is 0.0435. The molecule has 0 unspecified atom stereocenters. The number of benzene rings is 3. The molecule has 0 aliphatic rings. The van der Waals surface area contributed by atoms with Crippen molar-refractivity contribution in [1.82, 2.24) is 10.2 Å². The zero-order valence-electron chi connectivity index (χ0n) is 16.3. The van der Waals surface area contributed by atoms with E-state index >= 15 is 0 Å². The van der Waals surface area contributed by atoms with E-state index in [9.17, 15) is 9.59 Å². The van der Waals surface area contributed by atoms with E-state index in [1.54, 1.807) is 29.2 Å². The van der Waals surface area contributed by atoms with Crippen LogP contribution in [0.1, 0.15) is 10.4 Å². The number of anilines is 3. The minimum Gasteiger partial charge on any atom is -0.296 e. The van der Waals surface area contributed by atoms with E-state index in [1.165, 1.54) is 23.1 Å². The number of nitrogens with one attached hydrogen (secondary N) is 1. The number of amides is 2. The Morgan fingerprint density at radius 1 is 0.806 bits per heavy atom. The Morgan fingerprint density at radius 2 is 1.35 bits per heavy atom. The number of hydrogen-bond acceptors (Lipinski definition) is 6. The van der Waals surface area contributed by atoms with Gasteiger partial charge < -0.3 is 0 Å². The van der Waals surface area contributed by atoms with Crippen molar-refractivity contribution in [2.75, 3.05) is 16.0 Å². The highest BCUT2D eigenvalue weighted by molar-refractivity contribution is 8.01. The van der Waals surface area contributed by atoms with Gasteiger partial charge >= 0.3 is 0 Å². The predicted molar refractivity (Wildman–Crippen MR) is 125 cm³/mol. The van der Waals surface area contributed by atoms with Gasteiger partial charge in [-0.05, 0) is 36.4 Å². The second-order valence-electron chi connectivity index (χ2n) is 6.38. The molecule has 0 radical (unpaired) electrons. The number of rotatable bonds is 7. The third kappa shape index (κ3) is 5.36. The molecule has 8 heteroatoms. The highest BCUT2D eigenvalue weighted by Gasteiger charge is 2.19. The normalized spacial score (nSPS) is 10.5. The molecule has 0 aliphatic heterocycles. The van der Waals surface area contributed by atoms with Crippen LogP contribution in [-0.2, 0) is 4.79 Å². The molecular weight excluding hydrogens is 428 g/mol. The van der Waals surface area contributed by atoms with Gasteiger partial charge in [0.05, 0.1) is 5.75 Å². The highest BCUT2D eigenvalue weighted by atomic mass is 32.2. The number of aromatic nitrogens is 2. The third-order valence-electron chi connectivity index (χ3n) is 4.26. The highest BCUT2D eigenvalue weighted by Crippen LogP contribution is 2.29. The second-order valence-corrected chi connectivity index (χ2v) is 8.58. The fourth-order valence-electron chi connectivity index (χ4n) is 2.86. The summed E-state index contributed by atoms with van der Waals surface area (Å²) in [6.07, 6.45) is 0. The zero-order chi connectivity index (χ0) is 21.5. The van der Waals surface area contributed by atoms with Gasteiger partial charge in [-0.1, -0.05) is 77.7 Å². The van der Waals surface area contributed by atoms with E-state index in [-0.39, 0.29) is 17.6 Å². The fourth-order valence-corrected chi connectivity index (χ4v) is 4.45. The standard InChI is InChI=1S/C23H18N4O2S2/c28-20(27(18-12-6-2-7-13-18)19-14-8-3-9-15-19)16-30-23-26-25-22(31-23)24-21(29)17-10-4-1-5-11-17/h1-15H,16H2,(H,24,25,29). The number of thioether (sulfide) groups is 1. The molecule has 4 rings (SSSR count). The van der Waals surface area contributed by atoms with Gasteiger partial charge in [0.15, 0.2) is 4.34 Å². The van der Waals surface area contributed by atoms with Crippen LogP contribution in [0.3, 0.4) is 0 Å². The van der Waals surface area contributed by atoms with Crippen molar-refractivity contribution < 1.29 is 9.59 Å². The summed E-state index contributed by atoms with van der Waals surface area (Å²) < 4.78 is 0.609. The summed E-state index contributed by atoms with van der Waals surface area (Å²) in [5.74, 6) is -0.137. The van der Waals surface area contributed by atoms with Crippen LogP contribution in [0.2, 0.25) is 0 Å². The third-order valence-corrected chi connectivity index (χ3v) is 6.22. The Morgan fingerprint density at radius 3 is 1.94 bits per heavy atom. The lowest BCUT2D eigenvalue weighted by molar-refractivity contribution is -0.115. The summed E-state index contributed by atoms with van der Waals surface area (Å²) in [5.41, 5.74) is 2.14. The molecule has 0 aliphatic carbocycles. The molecule has 0 saturated heterocycles. The van der Waals surface area contributed by atoms with Crippen LogP contribution < -0.4 is 10.2 Å². The van der Waals surface area contributed by atoms with Crippen LogP contribution in [0.4, 0.5) is 16.5 Å². The van der Waals surface area contributed by atoms with Gasteiger partial charge in [-0.3, -0.25) is 19.8 Å². The van der Waals surface area contributed by atoms with Crippen molar-refractivity contribution in [3.05, 3.63) is 96.6 Å². The molecule has 154 valence electrons. The van der Waals surface area contributed by atoms with E-state index in [1.807, 2.05) is 66.7 Å². The summed E-state index contributed by atoms with van der Waals surface area (Å²) in [6, 6.07) is 27.9. The molecular formula is C23H18N4O2S2. The molecule has 1 N–H and O–H groups in total. The van der Waals surface area contributed by atoms with Gasteiger partial charge in [0.25, 0.3) is 5.91 Å². The summed E-state index contributed by atoms with van der Waals surface area (Å²) >= 11 is 2.53. The monoisotopic (exact) mass is 446 g/mol. The molecule has 31 heavy (non-hydrogen) atoms. The van der Waals surface area contributed by atoms with Crippen molar-refractivity contribution in [2.24, 2.45) is 0 Å². The Bertz CT molecular complexity index is 1110. The second kappa shape index (κ2) is 10.0. The maximum Gasteiger partial charge on any atom is 0.257 e. The first kappa shape index (κ1) is 20.8. The first-order valence-electron chi connectivity index (χ1n) is 9.46. The molecule has 2 amide bonds. The maximum absolute atomic E-state index is 13.1. The summed E-state index contributed by atoms with van der Waals surface area (Å²) in [5, 5.41) is 11.2. The first-order chi connectivity index (χ1) is 15.2. The summed E-state index contributed by atoms with van der Waals surface area (Å²) in [6.45, 7) is 0. The van der Waals surface area contributed by atoms with E-state index in [0.717, 1.165) is 11.4 Å². The van der Waals surface area contributed by atoms with E-state index < -0.39 is 0 Å². The lowest BCUT2D eigenvalue weighted by atomic mass is 10.2. The van der Waals surface area contributed by atoms with Crippen LogP contribution in [0.5, 0.6) is 0 Å². The van der Waals surface area contributed by atoms with E-state index in [0.29, 0.717) is 15.0 Å². The van der Waals surface area contributed by atoms with Crippen molar-refractivity contribution in [3.63, 3.8) is 0 Å². The molecule has 0 spiro atoms. The molecule has 0 atom stereocenters. The quantitative estimate of drug-likeness (QED) is 0.310. The first-order valence-corrected chi connectivity index (χ1v) is 11.3. The largest absolute Gasteiger partial charge is 0.296 e. The number of para-hydroxylation sites is 2. The number of hydrogen-bond donors (Lipinski definition) is 1. The molecule has 0 saturated carbocycles. The average Bonchev–Trinajstić information content (AvgIpc) is 3.27. The zero-order valence-corrected chi connectivity index (χ0v) is 18.0. The smallest absolute Gasteiger partial charge is 0.257 e. The average molecular weight is 447 g/mol. The van der Waals surface area contributed by atoms with Crippen molar-refractivity contribution >= 4 is 51.4 Å². The van der Waals surface area contributed by atoms with Gasteiger partial charge in [0.1, 0.15) is 0 Å². The number of carbonyl (C=O) groups excluding carboxylic acids is 2. The van der Waals surface area contributed by atoms with Gasteiger partial charge in [-0.25, -0.2) is 0 Å². The predicted octanol–water partition coefficient (Wildman–Crippen LogP) is 5.25. The molecule has 4 aromatic rings. The summed E-state index contributed by atoms with van der Waals surface area (Å²) in [7, 11) is 0. The number of nitrogens with zero attached hydrogens (tertiary/aromatic N) is 3. The van der Waals surface area contributed by atoms with Gasteiger partial charge in [-0.15, -0.1) is 10.2 Å². The van der Waals surface area contributed by atoms with E-state index in [2.05, 4.69) is 15.5 Å². The lowest BCUT2D eigenvalue weighted by Gasteiger charge is -2.22. The van der Waals surface area contributed by atoms with Gasteiger partial charge in [-0.2, -0.15) is 0 Å². The van der Waals surface area contributed by atoms with Crippen LogP contribution in [0.25, 0.3) is 0 Å². The summed E-state index contributed by atoms with van der Waals surface area (Å²) in [4.78, 5) is 27.0. The molecule has 3 aromatic carbocycles. The van der Waals surface area contributed by atoms with Crippen LogP contribution in [0.15, 0.2) is 95.3 Å². The van der Waals surface area contributed by atoms with Crippen molar-refractivity contribution in [2.45, 2.75) is 4.34 Å². The minimum absolute atomic E-state index is 0.0764.